The molecule has 0 aromatic heterocycles. The van der Waals surface area contributed by atoms with E-state index in [2.05, 4.69) is 60.3 Å². The van der Waals surface area contributed by atoms with Crippen LogP contribution in [0.3, 0.4) is 0 Å². The van der Waals surface area contributed by atoms with Gasteiger partial charge in [-0.05, 0) is 36.4 Å². The number of hydrogen-bond acceptors (Lipinski definition) is 3. The molecular formula is C28H22Cl2N2O. The molecule has 33 heavy (non-hydrogen) atoms. The van der Waals surface area contributed by atoms with Gasteiger partial charge in [0.05, 0.1) is 0 Å². The summed E-state index contributed by atoms with van der Waals surface area (Å²) in [5.74, 6) is 0. The number of hydrogen-bond donors (Lipinski definition) is 0. The summed E-state index contributed by atoms with van der Waals surface area (Å²) in [7, 11) is 4.15. The Bertz CT molecular complexity index is 1260. The Hall–Kier alpha value is -2.98. The first kappa shape index (κ1) is 20.6. The Labute approximate surface area is 203 Å². The summed E-state index contributed by atoms with van der Waals surface area (Å²) in [4.78, 5) is 4.41. The third-order valence-electron chi connectivity index (χ3n) is 6.94. The van der Waals surface area contributed by atoms with Gasteiger partial charge < -0.3 is 14.5 Å². The van der Waals surface area contributed by atoms with Gasteiger partial charge in [0.25, 0.3) is 0 Å². The molecule has 0 saturated heterocycles. The van der Waals surface area contributed by atoms with E-state index in [1.54, 1.807) is 0 Å². The van der Waals surface area contributed by atoms with Crippen LogP contribution in [0.25, 0.3) is 0 Å². The van der Waals surface area contributed by atoms with Crippen molar-refractivity contribution in [2.24, 2.45) is 0 Å². The van der Waals surface area contributed by atoms with Crippen LogP contribution in [0.15, 0.2) is 97.1 Å². The predicted octanol–water partition coefficient (Wildman–Crippen LogP) is 7.01. The van der Waals surface area contributed by atoms with E-state index in [1.165, 1.54) is 0 Å². The Morgan fingerprint density at radius 3 is 1.36 bits per heavy atom. The second-order valence-corrected chi connectivity index (χ2v) is 9.44. The molecule has 0 aliphatic carbocycles. The highest BCUT2D eigenvalue weighted by Crippen LogP contribution is 2.61. The molecule has 0 radical (unpaired) electrons. The van der Waals surface area contributed by atoms with Crippen molar-refractivity contribution < 1.29 is 4.74 Å². The van der Waals surface area contributed by atoms with Crippen molar-refractivity contribution in [3.8, 4) is 0 Å². The molecule has 4 aromatic carbocycles. The number of benzene rings is 4. The van der Waals surface area contributed by atoms with E-state index in [-0.39, 0.29) is 0 Å². The lowest BCUT2D eigenvalue weighted by Crippen LogP contribution is -2.65. The van der Waals surface area contributed by atoms with Gasteiger partial charge in [-0.1, -0.05) is 83.9 Å². The maximum absolute atomic E-state index is 7.39. The van der Waals surface area contributed by atoms with E-state index in [0.29, 0.717) is 10.0 Å². The lowest BCUT2D eigenvalue weighted by Gasteiger charge is -2.61. The van der Waals surface area contributed by atoms with E-state index in [4.69, 9.17) is 27.9 Å². The number of rotatable bonds is 2. The van der Waals surface area contributed by atoms with Gasteiger partial charge in [0.2, 0.25) is 0 Å². The number of anilines is 2. The van der Waals surface area contributed by atoms with Crippen molar-refractivity contribution in [2.45, 2.75) is 11.4 Å². The molecule has 164 valence electrons. The molecule has 2 heterocycles. The summed E-state index contributed by atoms with van der Waals surface area (Å²) >= 11 is 13.1. The predicted molar refractivity (Wildman–Crippen MR) is 135 cm³/mol. The summed E-state index contributed by atoms with van der Waals surface area (Å²) in [5, 5.41) is 1.34. The van der Waals surface area contributed by atoms with Gasteiger partial charge in [-0.15, -0.1) is 0 Å². The van der Waals surface area contributed by atoms with Gasteiger partial charge in [-0.2, -0.15) is 0 Å². The molecule has 2 aliphatic rings. The molecular weight excluding hydrogens is 451 g/mol. The van der Waals surface area contributed by atoms with Crippen molar-refractivity contribution in [1.29, 1.82) is 0 Å². The van der Waals surface area contributed by atoms with Crippen LogP contribution in [0.5, 0.6) is 0 Å². The minimum absolute atomic E-state index is 0.670. The van der Waals surface area contributed by atoms with Crippen molar-refractivity contribution in [3.63, 3.8) is 0 Å². The lowest BCUT2D eigenvalue weighted by atomic mass is 9.79. The van der Waals surface area contributed by atoms with Crippen LogP contribution < -0.4 is 9.80 Å². The highest BCUT2D eigenvalue weighted by atomic mass is 35.5. The van der Waals surface area contributed by atoms with E-state index in [1.807, 2.05) is 60.7 Å². The van der Waals surface area contributed by atoms with E-state index < -0.39 is 11.4 Å². The van der Waals surface area contributed by atoms with Crippen LogP contribution in [0, 0.1) is 0 Å². The standard InChI is InChI=1S/C28H22Cl2N2O/c1-31-25-15-13-21(29)17-23(25)28(20-11-7-4-8-12-20)32(2)26-16-14-22(30)18-24(26)27(31,33-28)19-9-5-3-6-10-19/h3-18H,1-2H3. The van der Waals surface area contributed by atoms with Gasteiger partial charge in [0.1, 0.15) is 0 Å². The third-order valence-corrected chi connectivity index (χ3v) is 7.41. The summed E-state index contributed by atoms with van der Waals surface area (Å²) in [6.07, 6.45) is 0. The normalized spacial score (nSPS) is 23.2. The zero-order chi connectivity index (χ0) is 22.8. The second kappa shape index (κ2) is 7.26. The van der Waals surface area contributed by atoms with Crippen LogP contribution >= 0.6 is 23.2 Å². The Morgan fingerprint density at radius 1 is 0.576 bits per heavy atom. The third kappa shape index (κ3) is 2.67. The van der Waals surface area contributed by atoms with Crippen LogP contribution in [0.4, 0.5) is 11.4 Å². The van der Waals surface area contributed by atoms with Crippen LogP contribution in [0.1, 0.15) is 22.3 Å². The highest BCUT2D eigenvalue weighted by molar-refractivity contribution is 6.31. The highest BCUT2D eigenvalue weighted by Gasteiger charge is 2.61. The molecule has 0 fully saturated rings. The number of nitrogens with zero attached hydrogens (tertiary/aromatic N) is 2. The summed E-state index contributed by atoms with van der Waals surface area (Å²) in [6.45, 7) is 0. The van der Waals surface area contributed by atoms with Gasteiger partial charge in [-0.3, -0.25) is 0 Å². The van der Waals surface area contributed by atoms with Crippen LogP contribution in [-0.2, 0) is 16.2 Å². The van der Waals surface area contributed by atoms with E-state index >= 15 is 0 Å². The molecule has 2 aliphatic heterocycles. The monoisotopic (exact) mass is 472 g/mol. The molecule has 6 rings (SSSR count). The molecule has 2 atom stereocenters. The molecule has 0 N–H and O–H groups in total. The Balaban J connectivity index is 1.80. The topological polar surface area (TPSA) is 15.7 Å². The van der Waals surface area contributed by atoms with Gasteiger partial charge >= 0.3 is 0 Å². The lowest BCUT2D eigenvalue weighted by molar-refractivity contribution is -0.142. The fourth-order valence-electron chi connectivity index (χ4n) is 5.45. The molecule has 3 nitrogen and oxygen atoms in total. The van der Waals surface area contributed by atoms with Gasteiger partial charge in [-0.25, -0.2) is 0 Å². The fourth-order valence-corrected chi connectivity index (χ4v) is 5.79. The van der Waals surface area contributed by atoms with Crippen molar-refractivity contribution >= 4 is 34.6 Å². The quantitative estimate of drug-likeness (QED) is 0.311. The minimum Gasteiger partial charge on any atom is -0.338 e. The summed E-state index contributed by atoms with van der Waals surface area (Å²) < 4.78 is 7.39. The van der Waals surface area contributed by atoms with Gasteiger partial charge in [0, 0.05) is 57.8 Å². The average molecular weight is 473 g/mol. The first-order valence-corrected chi connectivity index (χ1v) is 11.6. The van der Waals surface area contributed by atoms with Crippen LogP contribution in [-0.4, -0.2) is 14.1 Å². The van der Waals surface area contributed by atoms with Crippen molar-refractivity contribution in [3.05, 3.63) is 129 Å². The van der Waals surface area contributed by atoms with Crippen LogP contribution in [0.2, 0.25) is 10.0 Å². The molecule has 2 bridgehead atoms. The largest absolute Gasteiger partial charge is 0.338 e. The number of fused-ring (bicyclic) bond motifs is 6. The zero-order valence-electron chi connectivity index (χ0n) is 18.3. The maximum Gasteiger partial charge on any atom is 0.199 e. The van der Waals surface area contributed by atoms with Gasteiger partial charge in [0.15, 0.2) is 11.4 Å². The maximum atomic E-state index is 7.39. The Morgan fingerprint density at radius 2 is 0.970 bits per heavy atom. The van der Waals surface area contributed by atoms with Crippen molar-refractivity contribution in [2.75, 3.05) is 23.9 Å². The average Bonchev–Trinajstić information content (AvgIpc) is 2.85. The second-order valence-electron chi connectivity index (χ2n) is 8.56. The van der Waals surface area contributed by atoms with E-state index in [0.717, 1.165) is 33.6 Å². The molecule has 0 saturated carbocycles. The fraction of sp³-hybridized carbons (Fsp3) is 0.143. The first-order chi connectivity index (χ1) is 16.0. The van der Waals surface area contributed by atoms with Crippen molar-refractivity contribution in [1.82, 2.24) is 0 Å². The SMILES string of the molecule is CN1c2ccc(Cl)cc2C2(c3ccccc3)OC1(c1ccccc1)c1cc(Cl)ccc1N2C. The molecule has 0 amide bonds. The first-order valence-electron chi connectivity index (χ1n) is 10.9. The molecule has 4 aromatic rings. The zero-order valence-corrected chi connectivity index (χ0v) is 19.8. The summed E-state index contributed by atoms with van der Waals surface area (Å²) in [6, 6.07) is 32.8. The molecule has 2 unspecified atom stereocenters. The molecule has 0 spiro atoms. The Kier molecular flexibility index (Phi) is 4.54. The van der Waals surface area contributed by atoms with E-state index in [9.17, 15) is 0 Å². The molecule has 5 heteroatoms. The smallest absolute Gasteiger partial charge is 0.199 e. The number of halogens is 2. The minimum atomic E-state index is -0.898. The summed E-state index contributed by atoms with van der Waals surface area (Å²) in [5.41, 5.74) is 4.37. The number of ether oxygens (including phenoxy) is 1.